The zero-order valence-electron chi connectivity index (χ0n) is 23.3. The van der Waals surface area contributed by atoms with Gasteiger partial charge in [-0.3, -0.25) is 9.59 Å². The van der Waals surface area contributed by atoms with Crippen LogP contribution in [0.25, 0.3) is 0 Å². The lowest BCUT2D eigenvalue weighted by Crippen LogP contribution is -2.40. The van der Waals surface area contributed by atoms with E-state index in [1.807, 2.05) is 54.8 Å². The number of carbonyl (C=O) groups is 2. The average Bonchev–Trinajstić information content (AvgIpc) is 2.81. The van der Waals surface area contributed by atoms with Crippen LogP contribution in [-0.2, 0) is 22.6 Å². The van der Waals surface area contributed by atoms with Crippen molar-refractivity contribution < 1.29 is 14.0 Å². The highest BCUT2D eigenvalue weighted by Crippen LogP contribution is 2.26. The van der Waals surface area contributed by atoms with Crippen molar-refractivity contribution in [1.29, 1.82) is 0 Å². The summed E-state index contributed by atoms with van der Waals surface area (Å²) in [5, 5.41) is 0. The molecule has 0 saturated heterocycles. The number of halogens is 1. The molecule has 0 spiro atoms. The number of benzene rings is 2. The quantitative estimate of drug-likeness (QED) is 0.492. The molecule has 0 aromatic heterocycles. The fraction of sp³-hybridized carbons (Fsp3) is 0.548. The number of aryl methyl sites for hydroxylation is 1. The first-order chi connectivity index (χ1) is 17.6. The molecule has 0 saturated carbocycles. The second-order valence-electron chi connectivity index (χ2n) is 11.2. The Hall–Kier alpha value is -2.73. The molecule has 6 heteroatoms. The second-order valence-corrected chi connectivity index (χ2v) is 11.2. The SMILES string of the molecule is Cc1ccccc1CC(=O)N1CCCN(CC(C)C)CCCN(C(=O)CC(C)C)c2ccc(F)cc2C1. The molecule has 0 unspecified atom stereocenters. The van der Waals surface area contributed by atoms with E-state index in [9.17, 15) is 14.0 Å². The average molecular weight is 510 g/mol. The predicted molar refractivity (Wildman–Crippen MR) is 149 cm³/mol. The summed E-state index contributed by atoms with van der Waals surface area (Å²) in [5.74, 6) is 0.484. The van der Waals surface area contributed by atoms with Gasteiger partial charge in [-0.1, -0.05) is 52.0 Å². The van der Waals surface area contributed by atoms with Gasteiger partial charge in [0, 0.05) is 38.3 Å². The van der Waals surface area contributed by atoms with Crippen LogP contribution >= 0.6 is 0 Å². The second kappa shape index (κ2) is 13.7. The lowest BCUT2D eigenvalue weighted by atomic mass is 10.0. The fourth-order valence-corrected chi connectivity index (χ4v) is 5.11. The van der Waals surface area contributed by atoms with Crippen LogP contribution < -0.4 is 4.90 Å². The third-order valence-electron chi connectivity index (χ3n) is 6.91. The van der Waals surface area contributed by atoms with Gasteiger partial charge in [-0.2, -0.15) is 0 Å². The fourth-order valence-electron chi connectivity index (χ4n) is 5.11. The maximum Gasteiger partial charge on any atom is 0.227 e. The number of amides is 2. The van der Waals surface area contributed by atoms with Crippen LogP contribution in [0.5, 0.6) is 0 Å². The van der Waals surface area contributed by atoms with E-state index in [1.54, 1.807) is 6.07 Å². The number of hydrogen-bond acceptors (Lipinski definition) is 3. The van der Waals surface area contributed by atoms with Crippen LogP contribution in [-0.4, -0.2) is 54.3 Å². The molecule has 0 bridgehead atoms. The molecule has 1 aliphatic heterocycles. The third-order valence-corrected chi connectivity index (χ3v) is 6.91. The molecule has 0 N–H and O–H groups in total. The van der Waals surface area contributed by atoms with Gasteiger partial charge in [-0.05, 0) is 79.6 Å². The summed E-state index contributed by atoms with van der Waals surface area (Å²) in [6, 6.07) is 12.6. The maximum absolute atomic E-state index is 14.5. The molecule has 3 rings (SSSR count). The van der Waals surface area contributed by atoms with Crippen LogP contribution in [0.3, 0.4) is 0 Å². The van der Waals surface area contributed by atoms with Crippen LogP contribution in [0, 0.1) is 24.6 Å². The lowest BCUT2D eigenvalue weighted by Gasteiger charge is -2.32. The van der Waals surface area contributed by atoms with Gasteiger partial charge >= 0.3 is 0 Å². The van der Waals surface area contributed by atoms with Crippen molar-refractivity contribution >= 4 is 17.5 Å². The van der Waals surface area contributed by atoms with E-state index in [4.69, 9.17) is 0 Å². The minimum absolute atomic E-state index is 0.0250. The van der Waals surface area contributed by atoms with Crippen molar-refractivity contribution in [2.45, 2.75) is 66.8 Å². The van der Waals surface area contributed by atoms with Crippen molar-refractivity contribution in [1.82, 2.24) is 9.80 Å². The Morgan fingerprint density at radius 3 is 2.27 bits per heavy atom. The number of nitrogens with zero attached hydrogens (tertiary/aromatic N) is 3. The van der Waals surface area contributed by atoms with Gasteiger partial charge in [0.25, 0.3) is 0 Å². The van der Waals surface area contributed by atoms with E-state index in [1.165, 1.54) is 12.1 Å². The molecule has 2 aromatic carbocycles. The molecule has 5 nitrogen and oxygen atoms in total. The van der Waals surface area contributed by atoms with Gasteiger partial charge in [0.05, 0.1) is 6.42 Å². The highest BCUT2D eigenvalue weighted by Gasteiger charge is 2.24. The molecule has 37 heavy (non-hydrogen) atoms. The first kappa shape index (κ1) is 28.8. The van der Waals surface area contributed by atoms with Crippen LogP contribution in [0.4, 0.5) is 10.1 Å². The third kappa shape index (κ3) is 8.67. The van der Waals surface area contributed by atoms with Gasteiger partial charge in [-0.25, -0.2) is 4.39 Å². The van der Waals surface area contributed by atoms with Crippen molar-refractivity contribution in [3.05, 3.63) is 65.0 Å². The zero-order valence-corrected chi connectivity index (χ0v) is 23.3. The molecule has 0 radical (unpaired) electrons. The van der Waals surface area contributed by atoms with Gasteiger partial charge in [0.15, 0.2) is 0 Å². The Morgan fingerprint density at radius 2 is 1.59 bits per heavy atom. The van der Waals surface area contributed by atoms with Gasteiger partial charge < -0.3 is 14.7 Å². The van der Waals surface area contributed by atoms with E-state index in [-0.39, 0.29) is 30.1 Å². The van der Waals surface area contributed by atoms with Crippen LogP contribution in [0.1, 0.15) is 63.6 Å². The molecule has 0 atom stereocenters. The summed E-state index contributed by atoms with van der Waals surface area (Å²) in [7, 11) is 0. The van der Waals surface area contributed by atoms with E-state index >= 15 is 0 Å². The summed E-state index contributed by atoms with van der Waals surface area (Å²) in [6.45, 7) is 14.8. The first-order valence-electron chi connectivity index (χ1n) is 13.8. The monoisotopic (exact) mass is 509 g/mol. The summed E-state index contributed by atoms with van der Waals surface area (Å²) in [4.78, 5) is 33.1. The highest BCUT2D eigenvalue weighted by molar-refractivity contribution is 5.94. The van der Waals surface area contributed by atoms with E-state index in [0.29, 0.717) is 37.4 Å². The van der Waals surface area contributed by atoms with Crippen molar-refractivity contribution in [2.75, 3.05) is 37.6 Å². The number of anilines is 1. The topological polar surface area (TPSA) is 43.9 Å². The predicted octanol–water partition coefficient (Wildman–Crippen LogP) is 5.84. The van der Waals surface area contributed by atoms with E-state index in [2.05, 4.69) is 18.7 Å². The number of rotatable bonds is 6. The number of fused-ring (bicyclic) bond motifs is 1. The molecule has 202 valence electrons. The summed E-state index contributed by atoms with van der Waals surface area (Å²) in [5.41, 5.74) is 3.50. The van der Waals surface area contributed by atoms with Crippen molar-refractivity contribution in [3.8, 4) is 0 Å². The molecule has 1 heterocycles. The molecule has 0 fully saturated rings. The first-order valence-corrected chi connectivity index (χ1v) is 13.8. The maximum atomic E-state index is 14.5. The molecule has 2 amide bonds. The normalized spacial score (nSPS) is 15.9. The summed E-state index contributed by atoms with van der Waals surface area (Å²) >= 11 is 0. The summed E-state index contributed by atoms with van der Waals surface area (Å²) in [6.07, 6.45) is 2.45. The van der Waals surface area contributed by atoms with Crippen molar-refractivity contribution in [3.63, 3.8) is 0 Å². The van der Waals surface area contributed by atoms with Crippen LogP contribution in [0.2, 0.25) is 0 Å². The number of hydrogen-bond donors (Lipinski definition) is 0. The van der Waals surface area contributed by atoms with Gasteiger partial charge in [-0.15, -0.1) is 0 Å². The Balaban J connectivity index is 1.96. The molecular weight excluding hydrogens is 465 g/mol. The zero-order chi connectivity index (χ0) is 26.9. The minimum Gasteiger partial charge on any atom is -0.338 e. The molecule has 1 aliphatic rings. The molecule has 2 aromatic rings. The van der Waals surface area contributed by atoms with Gasteiger partial charge in [0.1, 0.15) is 5.82 Å². The van der Waals surface area contributed by atoms with Gasteiger partial charge in [0.2, 0.25) is 11.8 Å². The Kier molecular flexibility index (Phi) is 10.7. The number of carbonyl (C=O) groups excluding carboxylic acids is 2. The Labute approximate surface area is 222 Å². The minimum atomic E-state index is -0.350. The highest BCUT2D eigenvalue weighted by atomic mass is 19.1. The summed E-state index contributed by atoms with van der Waals surface area (Å²) < 4.78 is 14.5. The smallest absolute Gasteiger partial charge is 0.227 e. The largest absolute Gasteiger partial charge is 0.338 e. The Bertz CT molecular complexity index is 1050. The lowest BCUT2D eigenvalue weighted by molar-refractivity contribution is -0.131. The van der Waals surface area contributed by atoms with E-state index in [0.717, 1.165) is 49.3 Å². The van der Waals surface area contributed by atoms with Crippen LogP contribution in [0.15, 0.2) is 42.5 Å². The Morgan fingerprint density at radius 1 is 0.892 bits per heavy atom. The van der Waals surface area contributed by atoms with Crippen molar-refractivity contribution in [2.24, 2.45) is 11.8 Å². The standard InChI is InChI=1S/C31H44FN3O2/c1-23(2)18-31(37)35-17-9-15-33(21-24(3)4)14-8-16-34(22-27-19-28(32)12-13-29(27)35)30(36)20-26-11-7-6-10-25(26)5/h6-7,10-13,19,23-24H,8-9,14-18,20-22H2,1-5H3. The molecular formula is C31H44FN3O2. The molecule has 0 aliphatic carbocycles. The van der Waals surface area contributed by atoms with E-state index < -0.39 is 0 Å².